The summed E-state index contributed by atoms with van der Waals surface area (Å²) in [5, 5.41) is 4.18. The molecule has 1 spiro atoms. The van der Waals surface area contributed by atoms with Crippen LogP contribution in [0.25, 0.3) is 0 Å². The summed E-state index contributed by atoms with van der Waals surface area (Å²) >= 11 is 1.92. The van der Waals surface area contributed by atoms with Crippen LogP contribution in [0.4, 0.5) is 0 Å². The number of nitrogens with zero attached hydrogens (tertiary/aromatic N) is 3. The molecule has 2 saturated heterocycles. The van der Waals surface area contributed by atoms with Gasteiger partial charge in [-0.3, -0.25) is 4.90 Å². The number of ether oxygens (including phenoxy) is 1. The fraction of sp³-hybridized carbons (Fsp3) is 0.714. The Morgan fingerprint density at radius 1 is 1.22 bits per heavy atom. The van der Waals surface area contributed by atoms with E-state index in [0.29, 0.717) is 11.8 Å². The molecule has 1 aliphatic carbocycles. The van der Waals surface area contributed by atoms with Gasteiger partial charge >= 0.3 is 0 Å². The molecule has 2 aromatic heterocycles. The summed E-state index contributed by atoms with van der Waals surface area (Å²) in [6, 6.07) is 4.50. The number of likely N-dealkylation sites (tertiary alicyclic amines) is 1. The summed E-state index contributed by atoms with van der Waals surface area (Å²) in [6.07, 6.45) is 7.90. The van der Waals surface area contributed by atoms with Gasteiger partial charge in [-0.25, -0.2) is 0 Å². The van der Waals surface area contributed by atoms with Gasteiger partial charge in [0.15, 0.2) is 5.82 Å². The van der Waals surface area contributed by atoms with Gasteiger partial charge < -0.3 is 9.26 Å². The second-order valence-corrected chi connectivity index (χ2v) is 10.1. The zero-order valence-electron chi connectivity index (χ0n) is 16.2. The third-order valence-electron chi connectivity index (χ3n) is 6.43. The standard InChI is InChI=1S/C21H29N3O2S/c1-15-2-5-18(27-15)14-24-9-7-21(8-10-24)13-16(6-11-25-21)12-19-22-20(23-26-19)17-3-4-17/h2,5,16-17H,3-4,6-14H2,1H3. The maximum atomic E-state index is 6.34. The SMILES string of the molecule is Cc1ccc(CN2CCC3(CC2)CC(Cc2nc(C4CC4)no2)CCO3)s1. The molecule has 1 atom stereocenters. The minimum atomic E-state index is 0.0735. The maximum Gasteiger partial charge on any atom is 0.226 e. The Kier molecular flexibility index (Phi) is 4.82. The summed E-state index contributed by atoms with van der Waals surface area (Å²) in [7, 11) is 0. The number of piperidine rings is 1. The van der Waals surface area contributed by atoms with Crippen molar-refractivity contribution in [3.8, 4) is 0 Å². The van der Waals surface area contributed by atoms with Crippen molar-refractivity contribution in [2.45, 2.75) is 69.9 Å². The predicted molar refractivity (Wildman–Crippen MR) is 105 cm³/mol. The molecule has 4 heterocycles. The molecule has 146 valence electrons. The van der Waals surface area contributed by atoms with Gasteiger partial charge in [0, 0.05) is 48.3 Å². The fourth-order valence-electron chi connectivity index (χ4n) is 4.67. The number of hydrogen-bond donors (Lipinski definition) is 0. The van der Waals surface area contributed by atoms with Crippen molar-refractivity contribution < 1.29 is 9.26 Å². The summed E-state index contributed by atoms with van der Waals surface area (Å²) in [4.78, 5) is 10.1. The van der Waals surface area contributed by atoms with Crippen LogP contribution in [0.5, 0.6) is 0 Å². The van der Waals surface area contributed by atoms with E-state index in [1.165, 1.54) is 22.6 Å². The summed E-state index contributed by atoms with van der Waals surface area (Å²) in [5.41, 5.74) is 0.0735. The van der Waals surface area contributed by atoms with Crippen molar-refractivity contribution in [1.82, 2.24) is 15.0 Å². The van der Waals surface area contributed by atoms with Gasteiger partial charge in [-0.05, 0) is 63.5 Å². The second kappa shape index (κ2) is 7.30. The Balaban J connectivity index is 1.15. The highest BCUT2D eigenvalue weighted by Gasteiger charge is 2.40. The number of thiophene rings is 1. The Labute approximate surface area is 165 Å². The van der Waals surface area contributed by atoms with Crippen molar-refractivity contribution in [3.63, 3.8) is 0 Å². The van der Waals surface area contributed by atoms with Crippen LogP contribution in [0, 0.1) is 12.8 Å². The van der Waals surface area contributed by atoms with Crippen molar-refractivity contribution >= 4 is 11.3 Å². The highest BCUT2D eigenvalue weighted by molar-refractivity contribution is 7.11. The van der Waals surface area contributed by atoms with Crippen LogP contribution < -0.4 is 0 Å². The van der Waals surface area contributed by atoms with Crippen molar-refractivity contribution in [2.75, 3.05) is 19.7 Å². The van der Waals surface area contributed by atoms with Crippen LogP contribution in [-0.4, -0.2) is 40.3 Å². The molecule has 3 aliphatic rings. The maximum absolute atomic E-state index is 6.34. The van der Waals surface area contributed by atoms with Crippen LogP contribution in [-0.2, 0) is 17.7 Å². The molecule has 0 N–H and O–H groups in total. The number of rotatable bonds is 5. The first kappa shape index (κ1) is 17.8. The van der Waals surface area contributed by atoms with Crippen molar-refractivity contribution in [3.05, 3.63) is 33.6 Å². The number of hydrogen-bond acceptors (Lipinski definition) is 6. The third-order valence-corrected chi connectivity index (χ3v) is 7.41. The first-order valence-corrected chi connectivity index (χ1v) is 11.2. The molecule has 1 unspecified atom stereocenters. The zero-order chi connectivity index (χ0) is 18.3. The minimum Gasteiger partial charge on any atom is -0.375 e. The molecule has 27 heavy (non-hydrogen) atoms. The van der Waals surface area contributed by atoms with E-state index in [1.54, 1.807) is 0 Å². The topological polar surface area (TPSA) is 51.4 Å². The molecule has 5 rings (SSSR count). The average molecular weight is 388 g/mol. The summed E-state index contributed by atoms with van der Waals surface area (Å²) in [6.45, 7) is 6.42. The highest BCUT2D eigenvalue weighted by atomic mass is 32.1. The van der Waals surface area contributed by atoms with Gasteiger partial charge in [-0.15, -0.1) is 11.3 Å². The first-order chi connectivity index (χ1) is 13.2. The second-order valence-electron chi connectivity index (χ2n) is 8.70. The highest BCUT2D eigenvalue weighted by Crippen LogP contribution is 2.40. The molecule has 0 amide bonds. The van der Waals surface area contributed by atoms with E-state index in [4.69, 9.17) is 9.26 Å². The molecule has 5 nitrogen and oxygen atoms in total. The molecule has 0 aromatic carbocycles. The summed E-state index contributed by atoms with van der Waals surface area (Å²) in [5.74, 6) is 2.95. The Morgan fingerprint density at radius 2 is 2.07 bits per heavy atom. The molecular weight excluding hydrogens is 358 g/mol. The molecule has 6 heteroatoms. The lowest BCUT2D eigenvalue weighted by molar-refractivity contribution is -0.128. The summed E-state index contributed by atoms with van der Waals surface area (Å²) < 4.78 is 11.9. The molecule has 3 fully saturated rings. The fourth-order valence-corrected chi connectivity index (χ4v) is 5.60. The Hall–Kier alpha value is -1.24. The zero-order valence-corrected chi connectivity index (χ0v) is 17.0. The third kappa shape index (κ3) is 4.13. The molecule has 1 saturated carbocycles. The molecular formula is C21H29N3O2S. The smallest absolute Gasteiger partial charge is 0.226 e. The number of aryl methyl sites for hydroxylation is 1. The molecule has 0 radical (unpaired) electrons. The van der Waals surface area contributed by atoms with Crippen LogP contribution >= 0.6 is 11.3 Å². The van der Waals surface area contributed by atoms with E-state index in [0.717, 1.165) is 70.1 Å². The minimum absolute atomic E-state index is 0.0735. The van der Waals surface area contributed by atoms with Gasteiger partial charge in [0.1, 0.15) is 0 Å². The van der Waals surface area contributed by atoms with Crippen molar-refractivity contribution in [1.29, 1.82) is 0 Å². The number of aromatic nitrogens is 2. The van der Waals surface area contributed by atoms with Crippen LogP contribution in [0.3, 0.4) is 0 Å². The molecule has 2 aromatic rings. The van der Waals surface area contributed by atoms with Gasteiger partial charge in [-0.1, -0.05) is 5.16 Å². The van der Waals surface area contributed by atoms with Gasteiger partial charge in [0.25, 0.3) is 0 Å². The molecule has 0 bridgehead atoms. The lowest BCUT2D eigenvalue weighted by Crippen LogP contribution is -2.49. The quantitative estimate of drug-likeness (QED) is 0.765. The Bertz CT molecular complexity index is 774. The van der Waals surface area contributed by atoms with Crippen LogP contribution in [0.2, 0.25) is 0 Å². The monoisotopic (exact) mass is 387 g/mol. The van der Waals surface area contributed by atoms with E-state index in [9.17, 15) is 0 Å². The lowest BCUT2D eigenvalue weighted by Gasteiger charge is -2.46. The Morgan fingerprint density at radius 3 is 2.81 bits per heavy atom. The largest absolute Gasteiger partial charge is 0.375 e. The first-order valence-electron chi connectivity index (χ1n) is 10.4. The average Bonchev–Trinajstić information content (AvgIpc) is 3.28. The van der Waals surface area contributed by atoms with Crippen LogP contribution in [0.15, 0.2) is 16.7 Å². The lowest BCUT2D eigenvalue weighted by atomic mass is 9.78. The van der Waals surface area contributed by atoms with E-state index in [-0.39, 0.29) is 5.60 Å². The van der Waals surface area contributed by atoms with Gasteiger partial charge in [0.05, 0.1) is 5.60 Å². The van der Waals surface area contributed by atoms with E-state index < -0.39 is 0 Å². The van der Waals surface area contributed by atoms with E-state index in [1.807, 2.05) is 11.3 Å². The molecule has 2 aliphatic heterocycles. The van der Waals surface area contributed by atoms with Gasteiger partial charge in [0.2, 0.25) is 5.89 Å². The van der Waals surface area contributed by atoms with Gasteiger partial charge in [-0.2, -0.15) is 4.98 Å². The van der Waals surface area contributed by atoms with E-state index >= 15 is 0 Å². The van der Waals surface area contributed by atoms with Crippen molar-refractivity contribution in [2.24, 2.45) is 5.92 Å². The van der Waals surface area contributed by atoms with Crippen LogP contribution in [0.1, 0.15) is 65.9 Å². The normalized spacial score (nSPS) is 25.9. The van der Waals surface area contributed by atoms with E-state index in [2.05, 4.69) is 34.1 Å². The predicted octanol–water partition coefficient (Wildman–Crippen LogP) is 4.32.